The molecule has 2 rings (SSSR count). The van der Waals surface area contributed by atoms with E-state index in [9.17, 15) is 9.18 Å². The molecule has 0 aliphatic rings. The number of carbonyl (C=O) groups is 1. The average Bonchev–Trinajstić information content (AvgIpc) is 2.62. The fourth-order valence-electron chi connectivity index (χ4n) is 1.46. The summed E-state index contributed by atoms with van der Waals surface area (Å²) in [4.78, 5) is 14.1. The summed E-state index contributed by atoms with van der Waals surface area (Å²) in [6.07, 6.45) is 1.49. The van der Waals surface area contributed by atoms with Gasteiger partial charge in [-0.05, 0) is 6.07 Å². The van der Waals surface area contributed by atoms with Gasteiger partial charge in [0, 0.05) is 17.1 Å². The number of nitrogens with one attached hydrogen (secondary N) is 1. The second-order valence-corrected chi connectivity index (χ2v) is 2.99. The van der Waals surface area contributed by atoms with Crippen molar-refractivity contribution in [2.75, 3.05) is 6.54 Å². The molecule has 0 bridgehead atoms. The van der Waals surface area contributed by atoms with Crippen LogP contribution in [0.5, 0.6) is 0 Å². The molecule has 0 spiro atoms. The number of hydrogen-bond acceptors (Lipinski definition) is 2. The molecule has 0 aliphatic carbocycles. The number of aromatic nitrogens is 1. The lowest BCUT2D eigenvalue weighted by Crippen LogP contribution is -2.12. The lowest BCUT2D eigenvalue weighted by molar-refractivity contribution is 0.100. The van der Waals surface area contributed by atoms with Crippen molar-refractivity contribution in [1.82, 2.24) is 4.98 Å². The number of carbonyl (C=O) groups excluding carboxylic acids is 1. The van der Waals surface area contributed by atoms with E-state index in [0.29, 0.717) is 16.5 Å². The summed E-state index contributed by atoms with van der Waals surface area (Å²) < 4.78 is 13.2. The Labute approximate surface area is 79.7 Å². The third-order valence-electron chi connectivity index (χ3n) is 2.15. The molecule has 0 radical (unpaired) electrons. The van der Waals surface area contributed by atoms with Crippen LogP contribution in [0.3, 0.4) is 0 Å². The SMILES string of the molecule is NCC(=O)c1c[nH]c2c(F)cccc12. The summed E-state index contributed by atoms with van der Waals surface area (Å²) in [5.41, 5.74) is 6.03. The molecule has 1 aromatic carbocycles. The summed E-state index contributed by atoms with van der Waals surface area (Å²) in [5, 5.41) is 0.584. The van der Waals surface area contributed by atoms with Crippen molar-refractivity contribution in [2.45, 2.75) is 0 Å². The van der Waals surface area contributed by atoms with Gasteiger partial charge in [-0.25, -0.2) is 4.39 Å². The van der Waals surface area contributed by atoms with E-state index in [1.165, 1.54) is 12.3 Å². The fourth-order valence-corrected chi connectivity index (χ4v) is 1.46. The van der Waals surface area contributed by atoms with Crippen molar-refractivity contribution in [3.05, 3.63) is 35.8 Å². The van der Waals surface area contributed by atoms with Crippen LogP contribution in [-0.2, 0) is 0 Å². The number of para-hydroxylation sites is 1. The topological polar surface area (TPSA) is 58.9 Å². The molecule has 0 saturated heterocycles. The van der Waals surface area contributed by atoms with Gasteiger partial charge in [0.05, 0.1) is 12.1 Å². The molecule has 0 fully saturated rings. The molecule has 14 heavy (non-hydrogen) atoms. The van der Waals surface area contributed by atoms with Crippen LogP contribution in [-0.4, -0.2) is 17.3 Å². The Kier molecular flexibility index (Phi) is 2.05. The third kappa shape index (κ3) is 1.20. The number of ketones is 1. The van der Waals surface area contributed by atoms with Gasteiger partial charge < -0.3 is 10.7 Å². The smallest absolute Gasteiger partial charge is 0.178 e. The first-order valence-corrected chi connectivity index (χ1v) is 4.23. The van der Waals surface area contributed by atoms with Crippen LogP contribution in [0, 0.1) is 5.82 Å². The molecular formula is C10H9FN2O. The van der Waals surface area contributed by atoms with Crippen LogP contribution in [0.2, 0.25) is 0 Å². The quantitative estimate of drug-likeness (QED) is 0.707. The van der Waals surface area contributed by atoms with Gasteiger partial charge in [0.1, 0.15) is 5.82 Å². The molecule has 0 unspecified atom stereocenters. The maximum absolute atomic E-state index is 13.2. The monoisotopic (exact) mass is 192 g/mol. The predicted octanol–water partition coefficient (Wildman–Crippen LogP) is 1.45. The third-order valence-corrected chi connectivity index (χ3v) is 2.15. The predicted molar refractivity (Wildman–Crippen MR) is 51.6 cm³/mol. The van der Waals surface area contributed by atoms with Gasteiger partial charge in [0.2, 0.25) is 0 Å². The highest BCUT2D eigenvalue weighted by Crippen LogP contribution is 2.20. The minimum atomic E-state index is -0.362. The van der Waals surface area contributed by atoms with Gasteiger partial charge >= 0.3 is 0 Å². The first-order chi connectivity index (χ1) is 6.74. The van der Waals surface area contributed by atoms with Crippen LogP contribution in [0.1, 0.15) is 10.4 Å². The Balaban J connectivity index is 2.70. The molecular weight excluding hydrogens is 183 g/mol. The summed E-state index contributed by atoms with van der Waals surface area (Å²) in [5.74, 6) is -0.555. The van der Waals surface area contributed by atoms with Gasteiger partial charge in [0.15, 0.2) is 5.78 Å². The van der Waals surface area contributed by atoms with Crippen LogP contribution in [0.25, 0.3) is 10.9 Å². The summed E-state index contributed by atoms with van der Waals surface area (Å²) in [6.45, 7) is -0.0660. The van der Waals surface area contributed by atoms with Crippen molar-refractivity contribution in [3.63, 3.8) is 0 Å². The Bertz CT molecular complexity index is 490. The number of hydrogen-bond donors (Lipinski definition) is 2. The van der Waals surface area contributed by atoms with Gasteiger partial charge in [-0.1, -0.05) is 12.1 Å². The van der Waals surface area contributed by atoms with Gasteiger partial charge in [0.25, 0.3) is 0 Å². The number of aromatic amines is 1. The number of fused-ring (bicyclic) bond motifs is 1. The number of halogens is 1. The number of nitrogens with two attached hydrogens (primary N) is 1. The van der Waals surface area contributed by atoms with E-state index in [0.717, 1.165) is 0 Å². The minimum Gasteiger partial charge on any atom is -0.358 e. The second kappa shape index (κ2) is 3.23. The second-order valence-electron chi connectivity index (χ2n) is 2.99. The molecule has 0 amide bonds. The van der Waals surface area contributed by atoms with Crippen LogP contribution < -0.4 is 5.73 Å². The maximum atomic E-state index is 13.2. The average molecular weight is 192 g/mol. The van der Waals surface area contributed by atoms with Gasteiger partial charge in [-0.2, -0.15) is 0 Å². The van der Waals surface area contributed by atoms with E-state index in [1.54, 1.807) is 12.1 Å². The van der Waals surface area contributed by atoms with Crippen LogP contribution >= 0.6 is 0 Å². The lowest BCUT2D eigenvalue weighted by Gasteiger charge is -1.95. The van der Waals surface area contributed by atoms with E-state index < -0.39 is 0 Å². The number of benzene rings is 1. The molecule has 0 atom stereocenters. The largest absolute Gasteiger partial charge is 0.358 e. The molecule has 1 aromatic heterocycles. The molecule has 3 nitrogen and oxygen atoms in total. The van der Waals surface area contributed by atoms with Crippen LogP contribution in [0.15, 0.2) is 24.4 Å². The zero-order valence-corrected chi connectivity index (χ0v) is 7.38. The molecule has 4 heteroatoms. The highest BCUT2D eigenvalue weighted by atomic mass is 19.1. The van der Waals surface area contributed by atoms with Crippen molar-refractivity contribution < 1.29 is 9.18 Å². The highest BCUT2D eigenvalue weighted by molar-refractivity contribution is 6.08. The number of H-pyrrole nitrogens is 1. The standard InChI is InChI=1S/C10H9FN2O/c11-8-3-1-2-6-7(9(14)4-12)5-13-10(6)8/h1-3,5,13H,4,12H2. The molecule has 72 valence electrons. The first-order valence-electron chi connectivity index (χ1n) is 4.23. The van der Waals surface area contributed by atoms with Crippen molar-refractivity contribution in [3.8, 4) is 0 Å². The van der Waals surface area contributed by atoms with Crippen molar-refractivity contribution in [2.24, 2.45) is 5.73 Å². The fraction of sp³-hybridized carbons (Fsp3) is 0.100. The molecule has 1 heterocycles. The van der Waals surface area contributed by atoms with E-state index in [4.69, 9.17) is 5.73 Å². The number of rotatable bonds is 2. The molecule has 0 aliphatic heterocycles. The van der Waals surface area contributed by atoms with Crippen molar-refractivity contribution in [1.29, 1.82) is 0 Å². The summed E-state index contributed by atoms with van der Waals surface area (Å²) in [6, 6.07) is 4.60. The normalized spacial score (nSPS) is 10.7. The molecule has 3 N–H and O–H groups in total. The van der Waals surface area contributed by atoms with E-state index in [1.807, 2.05) is 0 Å². The van der Waals surface area contributed by atoms with Gasteiger partial charge in [-0.3, -0.25) is 4.79 Å². The summed E-state index contributed by atoms with van der Waals surface area (Å²) in [7, 11) is 0. The zero-order chi connectivity index (χ0) is 10.1. The Morgan fingerprint density at radius 1 is 1.50 bits per heavy atom. The lowest BCUT2D eigenvalue weighted by atomic mass is 10.1. The Morgan fingerprint density at radius 2 is 2.29 bits per heavy atom. The zero-order valence-electron chi connectivity index (χ0n) is 7.38. The molecule has 0 saturated carbocycles. The highest BCUT2D eigenvalue weighted by Gasteiger charge is 2.11. The maximum Gasteiger partial charge on any atom is 0.178 e. The van der Waals surface area contributed by atoms with E-state index >= 15 is 0 Å². The summed E-state index contributed by atoms with van der Waals surface area (Å²) >= 11 is 0. The minimum absolute atomic E-state index is 0.0660. The van der Waals surface area contributed by atoms with Gasteiger partial charge in [-0.15, -0.1) is 0 Å². The van der Waals surface area contributed by atoms with E-state index in [2.05, 4.69) is 4.98 Å². The van der Waals surface area contributed by atoms with E-state index in [-0.39, 0.29) is 18.1 Å². The first kappa shape index (κ1) is 8.90. The Morgan fingerprint density at radius 3 is 3.00 bits per heavy atom. The molecule has 2 aromatic rings. The number of Topliss-reactive ketones (excluding diaryl/α,β-unsaturated/α-hetero) is 1. The Hall–Kier alpha value is -1.68. The van der Waals surface area contributed by atoms with Crippen LogP contribution in [0.4, 0.5) is 4.39 Å². The van der Waals surface area contributed by atoms with Crippen molar-refractivity contribution >= 4 is 16.7 Å².